The molecule has 2 atom stereocenters. The second-order valence-corrected chi connectivity index (χ2v) is 5.36. The lowest BCUT2D eigenvalue weighted by atomic mass is 9.87. The Morgan fingerprint density at radius 3 is 2.19 bits per heavy atom. The molecule has 0 amide bonds. The first-order chi connectivity index (χ1) is 9.93. The molecule has 2 nitrogen and oxygen atoms in total. The van der Waals surface area contributed by atoms with Crippen molar-refractivity contribution in [3.05, 3.63) is 69.7 Å². The summed E-state index contributed by atoms with van der Waals surface area (Å²) in [5.41, 5.74) is 7.51. The predicted octanol–water partition coefficient (Wildman–Crippen LogP) is 3.70. The molecule has 112 valence electrons. The van der Waals surface area contributed by atoms with Crippen LogP contribution in [0.5, 0.6) is 0 Å². The molecular formula is C16H16ClF2NO. The monoisotopic (exact) mass is 311 g/mol. The van der Waals surface area contributed by atoms with E-state index in [0.29, 0.717) is 16.7 Å². The van der Waals surface area contributed by atoms with E-state index in [1.54, 1.807) is 6.92 Å². The van der Waals surface area contributed by atoms with Gasteiger partial charge in [0.05, 0.1) is 6.10 Å². The molecule has 0 radical (unpaired) electrons. The molecule has 2 rings (SSSR count). The van der Waals surface area contributed by atoms with Gasteiger partial charge in [0.15, 0.2) is 0 Å². The number of hydrogen-bond acceptors (Lipinski definition) is 2. The van der Waals surface area contributed by atoms with E-state index in [4.69, 9.17) is 17.3 Å². The van der Waals surface area contributed by atoms with Gasteiger partial charge in [0.25, 0.3) is 0 Å². The minimum atomic E-state index is -0.946. The van der Waals surface area contributed by atoms with Gasteiger partial charge in [-0.1, -0.05) is 23.7 Å². The topological polar surface area (TPSA) is 46.2 Å². The Labute approximate surface area is 127 Å². The van der Waals surface area contributed by atoms with Crippen molar-refractivity contribution in [2.24, 2.45) is 5.73 Å². The van der Waals surface area contributed by atoms with Gasteiger partial charge < -0.3 is 10.8 Å². The summed E-state index contributed by atoms with van der Waals surface area (Å²) in [4.78, 5) is 0. The maximum atomic E-state index is 13.2. The molecule has 0 aromatic heterocycles. The molecule has 0 saturated heterocycles. The second kappa shape index (κ2) is 6.52. The SMILES string of the molecule is Cc1cc(F)ccc1C(O)C(CN)c1ccc(F)cc1Cl. The Morgan fingerprint density at radius 1 is 1.10 bits per heavy atom. The van der Waals surface area contributed by atoms with Gasteiger partial charge in [-0.15, -0.1) is 0 Å². The first-order valence-electron chi connectivity index (χ1n) is 6.53. The molecule has 5 heteroatoms. The molecule has 2 aromatic carbocycles. The molecule has 0 aliphatic heterocycles. The number of halogens is 3. The van der Waals surface area contributed by atoms with Crippen LogP contribution in [0, 0.1) is 18.6 Å². The third-order valence-electron chi connectivity index (χ3n) is 3.55. The predicted molar refractivity (Wildman–Crippen MR) is 79.3 cm³/mol. The number of aryl methyl sites for hydroxylation is 1. The van der Waals surface area contributed by atoms with Crippen molar-refractivity contribution in [2.45, 2.75) is 18.9 Å². The zero-order valence-corrected chi connectivity index (χ0v) is 12.2. The van der Waals surface area contributed by atoms with E-state index in [1.807, 2.05) is 0 Å². The molecule has 21 heavy (non-hydrogen) atoms. The van der Waals surface area contributed by atoms with Gasteiger partial charge in [-0.3, -0.25) is 0 Å². The molecule has 0 aliphatic carbocycles. The number of aliphatic hydroxyl groups excluding tert-OH is 1. The van der Waals surface area contributed by atoms with Crippen LogP contribution in [0.2, 0.25) is 5.02 Å². The van der Waals surface area contributed by atoms with E-state index in [1.165, 1.54) is 36.4 Å². The lowest BCUT2D eigenvalue weighted by Gasteiger charge is -2.24. The largest absolute Gasteiger partial charge is 0.388 e. The van der Waals surface area contributed by atoms with Gasteiger partial charge in [-0.25, -0.2) is 8.78 Å². The molecule has 2 unspecified atom stereocenters. The van der Waals surface area contributed by atoms with E-state index in [9.17, 15) is 13.9 Å². The fourth-order valence-corrected chi connectivity index (χ4v) is 2.72. The standard InChI is InChI=1S/C16H16ClF2NO/c1-9-6-10(18)2-4-12(9)16(21)14(8-20)13-5-3-11(19)7-15(13)17/h2-7,14,16,21H,8,20H2,1H3. The molecule has 3 N–H and O–H groups in total. The van der Waals surface area contributed by atoms with E-state index >= 15 is 0 Å². The number of benzene rings is 2. The zero-order chi connectivity index (χ0) is 15.6. The average molecular weight is 312 g/mol. The Hall–Kier alpha value is -1.49. The lowest BCUT2D eigenvalue weighted by molar-refractivity contribution is 0.146. The van der Waals surface area contributed by atoms with Crippen LogP contribution < -0.4 is 5.73 Å². The molecule has 0 spiro atoms. The van der Waals surface area contributed by atoms with Crippen LogP contribution in [0.25, 0.3) is 0 Å². The molecule has 0 fully saturated rings. The van der Waals surface area contributed by atoms with Crippen LogP contribution in [0.3, 0.4) is 0 Å². The highest BCUT2D eigenvalue weighted by molar-refractivity contribution is 6.31. The molecular weight excluding hydrogens is 296 g/mol. The summed E-state index contributed by atoms with van der Waals surface area (Å²) in [5, 5.41) is 10.8. The van der Waals surface area contributed by atoms with Crippen LogP contribution in [-0.4, -0.2) is 11.7 Å². The van der Waals surface area contributed by atoms with E-state index in [2.05, 4.69) is 0 Å². The fraction of sp³-hybridized carbons (Fsp3) is 0.250. The van der Waals surface area contributed by atoms with Gasteiger partial charge in [-0.2, -0.15) is 0 Å². The summed E-state index contributed by atoms with van der Waals surface area (Å²) in [6.07, 6.45) is -0.946. The molecule has 0 bridgehead atoms. The van der Waals surface area contributed by atoms with Gasteiger partial charge >= 0.3 is 0 Å². The number of nitrogens with two attached hydrogens (primary N) is 1. The third-order valence-corrected chi connectivity index (χ3v) is 3.87. The van der Waals surface area contributed by atoms with Crippen molar-refractivity contribution in [3.8, 4) is 0 Å². The third kappa shape index (κ3) is 3.40. The van der Waals surface area contributed by atoms with Crippen molar-refractivity contribution >= 4 is 11.6 Å². The van der Waals surface area contributed by atoms with Crippen molar-refractivity contribution in [1.82, 2.24) is 0 Å². The lowest BCUT2D eigenvalue weighted by Crippen LogP contribution is -2.21. The van der Waals surface area contributed by atoms with Crippen LogP contribution in [-0.2, 0) is 0 Å². The number of aliphatic hydroxyl groups is 1. The van der Waals surface area contributed by atoms with E-state index in [0.717, 1.165) is 0 Å². The normalized spacial score (nSPS) is 14.0. The van der Waals surface area contributed by atoms with Gasteiger partial charge in [-0.05, 0) is 47.9 Å². The van der Waals surface area contributed by atoms with Crippen molar-refractivity contribution in [3.63, 3.8) is 0 Å². The molecule has 0 heterocycles. The fourth-order valence-electron chi connectivity index (χ4n) is 2.42. The second-order valence-electron chi connectivity index (χ2n) is 4.95. The maximum absolute atomic E-state index is 13.2. The summed E-state index contributed by atoms with van der Waals surface area (Å²) in [5.74, 6) is -1.32. The van der Waals surface area contributed by atoms with Gasteiger partial charge in [0.1, 0.15) is 11.6 Å². The van der Waals surface area contributed by atoms with Gasteiger partial charge in [0, 0.05) is 17.5 Å². The minimum Gasteiger partial charge on any atom is -0.388 e. The Balaban J connectivity index is 2.40. The number of hydrogen-bond donors (Lipinski definition) is 2. The van der Waals surface area contributed by atoms with Gasteiger partial charge in [0.2, 0.25) is 0 Å². The van der Waals surface area contributed by atoms with Crippen LogP contribution in [0.1, 0.15) is 28.7 Å². The highest BCUT2D eigenvalue weighted by Gasteiger charge is 2.25. The Bertz CT molecular complexity index is 648. The first-order valence-corrected chi connectivity index (χ1v) is 6.91. The highest BCUT2D eigenvalue weighted by atomic mass is 35.5. The van der Waals surface area contributed by atoms with Crippen molar-refractivity contribution < 1.29 is 13.9 Å². The Morgan fingerprint density at radius 2 is 1.67 bits per heavy atom. The summed E-state index contributed by atoms with van der Waals surface area (Å²) in [7, 11) is 0. The van der Waals surface area contributed by atoms with Crippen LogP contribution in [0.15, 0.2) is 36.4 Å². The zero-order valence-electron chi connectivity index (χ0n) is 11.5. The summed E-state index contributed by atoms with van der Waals surface area (Å²) in [6, 6.07) is 8.12. The van der Waals surface area contributed by atoms with Crippen LogP contribution >= 0.6 is 11.6 Å². The molecule has 2 aromatic rings. The quantitative estimate of drug-likeness (QED) is 0.904. The first kappa shape index (κ1) is 15.9. The number of rotatable bonds is 4. The van der Waals surface area contributed by atoms with Crippen molar-refractivity contribution in [1.29, 1.82) is 0 Å². The van der Waals surface area contributed by atoms with Crippen molar-refractivity contribution in [2.75, 3.05) is 6.54 Å². The Kier molecular flexibility index (Phi) is 4.93. The summed E-state index contributed by atoms with van der Waals surface area (Å²) >= 11 is 6.03. The summed E-state index contributed by atoms with van der Waals surface area (Å²) in [6.45, 7) is 1.84. The summed E-state index contributed by atoms with van der Waals surface area (Å²) < 4.78 is 26.3. The smallest absolute Gasteiger partial charge is 0.124 e. The average Bonchev–Trinajstić information content (AvgIpc) is 2.41. The van der Waals surface area contributed by atoms with E-state index in [-0.39, 0.29) is 17.4 Å². The minimum absolute atomic E-state index is 0.128. The molecule has 0 saturated carbocycles. The maximum Gasteiger partial charge on any atom is 0.124 e. The van der Waals surface area contributed by atoms with Crippen LogP contribution in [0.4, 0.5) is 8.78 Å². The van der Waals surface area contributed by atoms with E-state index < -0.39 is 17.8 Å². The molecule has 0 aliphatic rings. The highest BCUT2D eigenvalue weighted by Crippen LogP contribution is 2.35.